The Morgan fingerprint density at radius 1 is 1.29 bits per heavy atom. The summed E-state index contributed by atoms with van der Waals surface area (Å²) in [6.07, 6.45) is 1.88. The number of hydrogen-bond donors (Lipinski definition) is 2. The fourth-order valence-electron chi connectivity index (χ4n) is 1.83. The van der Waals surface area contributed by atoms with Crippen LogP contribution in [0.2, 0.25) is 0 Å². The van der Waals surface area contributed by atoms with Crippen LogP contribution in [0, 0.1) is 6.92 Å². The summed E-state index contributed by atoms with van der Waals surface area (Å²) in [7, 11) is 0. The van der Waals surface area contributed by atoms with E-state index in [9.17, 15) is 0 Å². The number of hydrogen-bond acceptors (Lipinski definition) is 4. The van der Waals surface area contributed by atoms with Gasteiger partial charge in [0.2, 0.25) is 0 Å². The van der Waals surface area contributed by atoms with E-state index in [0.717, 1.165) is 27.7 Å². The van der Waals surface area contributed by atoms with Crippen LogP contribution in [0.4, 0.5) is 0 Å². The number of benzene rings is 1. The zero-order valence-corrected chi connectivity index (χ0v) is 18.4. The molecule has 0 saturated carbocycles. The predicted octanol–water partition coefficient (Wildman–Crippen LogP) is 3.97. The van der Waals surface area contributed by atoms with Gasteiger partial charge in [-0.3, -0.25) is 0 Å². The zero-order valence-electron chi connectivity index (χ0n) is 13.7. The van der Waals surface area contributed by atoms with E-state index in [2.05, 4.69) is 36.5 Å². The first kappa shape index (κ1) is 21.2. The highest BCUT2D eigenvalue weighted by atomic mass is 127. The van der Waals surface area contributed by atoms with Crippen LogP contribution in [-0.2, 0) is 6.54 Å². The Balaban J connectivity index is 0.00000288. The van der Waals surface area contributed by atoms with Crippen LogP contribution in [-0.4, -0.2) is 30.6 Å². The average Bonchev–Trinajstić information content (AvgIpc) is 2.96. The van der Waals surface area contributed by atoms with Crippen LogP contribution >= 0.6 is 51.2 Å². The smallest absolute Gasteiger partial charge is 0.191 e. The molecule has 8 heteroatoms. The van der Waals surface area contributed by atoms with Crippen LogP contribution in [0.25, 0.3) is 0 Å². The number of nitrogens with zero attached hydrogens (tertiary/aromatic N) is 2. The zero-order chi connectivity index (χ0) is 16.5. The van der Waals surface area contributed by atoms with E-state index >= 15 is 0 Å². The molecule has 0 bridgehead atoms. The van der Waals surface area contributed by atoms with Crippen molar-refractivity contribution >= 4 is 57.2 Å². The van der Waals surface area contributed by atoms with E-state index in [0.29, 0.717) is 19.7 Å². The second-order valence-electron chi connectivity index (χ2n) is 4.79. The van der Waals surface area contributed by atoms with E-state index in [1.807, 2.05) is 44.3 Å². The van der Waals surface area contributed by atoms with Crippen LogP contribution in [0.5, 0.6) is 5.75 Å². The summed E-state index contributed by atoms with van der Waals surface area (Å²) in [6.45, 7) is 6.75. The summed E-state index contributed by atoms with van der Waals surface area (Å²) in [5.74, 6) is 1.63. The second-order valence-corrected chi connectivity index (χ2v) is 7.02. The van der Waals surface area contributed by atoms with Crippen molar-refractivity contribution in [1.29, 1.82) is 0 Å². The maximum absolute atomic E-state index is 5.68. The number of aryl methyl sites for hydroxylation is 1. The van der Waals surface area contributed by atoms with E-state index < -0.39 is 0 Å². The Bertz CT molecular complexity index is 633. The first-order valence-electron chi connectivity index (χ1n) is 7.49. The fourth-order valence-corrected chi connectivity index (χ4v) is 2.81. The van der Waals surface area contributed by atoms with Gasteiger partial charge in [-0.25, -0.2) is 9.98 Å². The van der Waals surface area contributed by atoms with Gasteiger partial charge < -0.3 is 15.4 Å². The molecule has 0 atom stereocenters. The topological polar surface area (TPSA) is 58.5 Å². The molecule has 0 aliphatic heterocycles. The highest BCUT2D eigenvalue weighted by molar-refractivity contribution is 14.0. The molecule has 0 radical (unpaired) electrons. The van der Waals surface area contributed by atoms with E-state index in [4.69, 9.17) is 4.74 Å². The third-order valence-electron chi connectivity index (χ3n) is 2.86. The van der Waals surface area contributed by atoms with Crippen molar-refractivity contribution in [3.8, 4) is 5.75 Å². The number of guanidine groups is 1. The Labute approximate surface area is 172 Å². The number of thiazole rings is 1. The number of aliphatic imine (C=N–C) groups is 1. The standard InChI is InChI=1S/C16H21BrN4OS.HI/c1-3-18-16(21-11-15-20-10-12(2)23-15)19-8-9-22-14-6-4-13(17)5-7-14;/h4-7,10H,3,8-9,11H2,1-2H3,(H2,18,19,21);1H. The molecule has 2 rings (SSSR count). The van der Waals surface area contributed by atoms with Crippen LogP contribution in [0.1, 0.15) is 16.8 Å². The van der Waals surface area contributed by atoms with Gasteiger partial charge >= 0.3 is 0 Å². The number of ether oxygens (including phenoxy) is 1. The SMILES string of the molecule is CCNC(=NCc1ncc(C)s1)NCCOc1ccc(Br)cc1.I. The molecule has 24 heavy (non-hydrogen) atoms. The Morgan fingerprint density at radius 3 is 2.67 bits per heavy atom. The van der Waals surface area contributed by atoms with Crippen molar-refractivity contribution in [3.63, 3.8) is 0 Å². The quantitative estimate of drug-likeness (QED) is 0.249. The number of halogens is 2. The molecule has 2 aromatic rings. The van der Waals surface area contributed by atoms with Gasteiger partial charge in [-0.15, -0.1) is 35.3 Å². The summed E-state index contributed by atoms with van der Waals surface area (Å²) in [5.41, 5.74) is 0. The van der Waals surface area contributed by atoms with Crippen molar-refractivity contribution in [2.24, 2.45) is 4.99 Å². The Kier molecular flexibility index (Phi) is 10.3. The molecule has 0 spiro atoms. The van der Waals surface area contributed by atoms with E-state index in [-0.39, 0.29) is 24.0 Å². The van der Waals surface area contributed by atoms with Crippen molar-refractivity contribution in [3.05, 3.63) is 44.8 Å². The third kappa shape index (κ3) is 7.80. The van der Waals surface area contributed by atoms with Crippen LogP contribution in [0.15, 0.2) is 39.9 Å². The summed E-state index contributed by atoms with van der Waals surface area (Å²) < 4.78 is 6.72. The van der Waals surface area contributed by atoms with Gasteiger partial charge in [-0.05, 0) is 38.1 Å². The maximum Gasteiger partial charge on any atom is 0.191 e. The van der Waals surface area contributed by atoms with Crippen LogP contribution < -0.4 is 15.4 Å². The molecule has 2 N–H and O–H groups in total. The van der Waals surface area contributed by atoms with Gasteiger partial charge in [0.15, 0.2) is 5.96 Å². The number of aromatic nitrogens is 1. The molecule has 1 aromatic carbocycles. The van der Waals surface area contributed by atoms with Crippen LogP contribution in [0.3, 0.4) is 0 Å². The molecular weight excluding hydrogens is 503 g/mol. The number of rotatable bonds is 7. The Morgan fingerprint density at radius 2 is 2.04 bits per heavy atom. The molecule has 0 aliphatic rings. The molecule has 0 unspecified atom stereocenters. The predicted molar refractivity (Wildman–Crippen MR) is 115 cm³/mol. The molecule has 0 amide bonds. The third-order valence-corrected chi connectivity index (χ3v) is 4.29. The monoisotopic (exact) mass is 524 g/mol. The minimum atomic E-state index is 0. The van der Waals surface area contributed by atoms with Gasteiger partial charge in [0.25, 0.3) is 0 Å². The second kappa shape index (κ2) is 11.6. The van der Waals surface area contributed by atoms with E-state index in [1.54, 1.807) is 11.3 Å². The van der Waals surface area contributed by atoms with Crippen molar-refractivity contribution in [2.45, 2.75) is 20.4 Å². The van der Waals surface area contributed by atoms with Crippen molar-refractivity contribution < 1.29 is 4.74 Å². The maximum atomic E-state index is 5.68. The van der Waals surface area contributed by atoms with Gasteiger partial charge in [-0.1, -0.05) is 15.9 Å². The van der Waals surface area contributed by atoms with Crippen molar-refractivity contribution in [1.82, 2.24) is 15.6 Å². The Hall–Kier alpha value is -0.870. The molecule has 0 aliphatic carbocycles. The van der Waals surface area contributed by atoms with Crippen molar-refractivity contribution in [2.75, 3.05) is 19.7 Å². The average molecular weight is 525 g/mol. The van der Waals surface area contributed by atoms with Gasteiger partial charge in [0.1, 0.15) is 17.4 Å². The molecule has 0 fully saturated rings. The largest absolute Gasteiger partial charge is 0.492 e. The van der Waals surface area contributed by atoms with E-state index in [1.165, 1.54) is 4.88 Å². The first-order valence-corrected chi connectivity index (χ1v) is 9.10. The lowest BCUT2D eigenvalue weighted by Crippen LogP contribution is -2.39. The highest BCUT2D eigenvalue weighted by Gasteiger charge is 2.00. The summed E-state index contributed by atoms with van der Waals surface area (Å²) in [4.78, 5) is 10.1. The summed E-state index contributed by atoms with van der Waals surface area (Å²) in [6, 6.07) is 7.80. The molecule has 5 nitrogen and oxygen atoms in total. The number of nitrogens with one attached hydrogen (secondary N) is 2. The molecule has 0 saturated heterocycles. The minimum absolute atomic E-state index is 0. The van der Waals surface area contributed by atoms with Gasteiger partial charge in [0, 0.05) is 22.1 Å². The first-order chi connectivity index (χ1) is 11.2. The molecule has 1 heterocycles. The van der Waals surface area contributed by atoms with Gasteiger partial charge in [0.05, 0.1) is 13.1 Å². The fraction of sp³-hybridized carbons (Fsp3) is 0.375. The summed E-state index contributed by atoms with van der Waals surface area (Å²) in [5, 5.41) is 7.50. The summed E-state index contributed by atoms with van der Waals surface area (Å²) >= 11 is 5.08. The molecule has 1 aromatic heterocycles. The lowest BCUT2D eigenvalue weighted by atomic mass is 10.3. The normalized spacial score (nSPS) is 10.9. The lowest BCUT2D eigenvalue weighted by Gasteiger charge is -2.11. The molecular formula is C16H22BrIN4OS. The van der Waals surface area contributed by atoms with Gasteiger partial charge in [-0.2, -0.15) is 0 Å². The highest BCUT2D eigenvalue weighted by Crippen LogP contribution is 2.15. The lowest BCUT2D eigenvalue weighted by molar-refractivity contribution is 0.322. The minimum Gasteiger partial charge on any atom is -0.492 e. The molecule has 132 valence electrons.